The third-order valence-electron chi connectivity index (χ3n) is 12.7. The van der Waals surface area contributed by atoms with E-state index in [1.54, 1.807) is 6.92 Å². The molecule has 4 aliphatic rings. The van der Waals surface area contributed by atoms with E-state index < -0.39 is 66.5 Å². The number of aliphatic hydroxyl groups excluding tert-OH is 2. The van der Waals surface area contributed by atoms with Gasteiger partial charge in [-0.05, 0) is 103 Å². The van der Waals surface area contributed by atoms with E-state index in [1.807, 2.05) is 11.8 Å². The summed E-state index contributed by atoms with van der Waals surface area (Å²) in [5.74, 6) is -6.10. The second-order valence-electron chi connectivity index (χ2n) is 16.9. The van der Waals surface area contributed by atoms with Gasteiger partial charge in [0, 0.05) is 31.5 Å². The van der Waals surface area contributed by atoms with Crippen LogP contribution in [0, 0.1) is 23.7 Å². The Morgan fingerprint density at radius 1 is 0.581 bits per heavy atom. The minimum atomic E-state index is -4.29. The summed E-state index contributed by atoms with van der Waals surface area (Å²) in [6.07, 6.45) is -16.4. The fraction of sp³-hybridized carbons (Fsp3) is 0.829. The minimum Gasteiger partial charge on any atom is -0.388 e. The lowest BCUT2D eigenvalue weighted by molar-refractivity contribution is -0.185. The standard InChI is InChI=1S/C20H26F6N2O2S.C20H28F6N2OS.CH4/c1-2-14(29)16-15(18(30)28-9-7-13(8-10-28)20(24,25)26)27-17(31-16)11-3-5-12(6-4-11)19(21,22)23;1-2-16(29)17-15(11-28-9-7-14(8-10-28)20(24,25)26)27-18(30-17)12-3-5-13(6-4-12)19(21,22)23;/h11-14,29H,2-10H2,1H3;12-14,16,29H,2-11H2,1H3;1H4. The Bertz CT molecular complexity index is 1700. The van der Waals surface area contributed by atoms with Crippen molar-refractivity contribution in [3.05, 3.63) is 31.2 Å². The van der Waals surface area contributed by atoms with Gasteiger partial charge in [0.15, 0.2) is 0 Å². The quantitative estimate of drug-likeness (QED) is 0.243. The van der Waals surface area contributed by atoms with Crippen molar-refractivity contribution < 1.29 is 67.7 Å². The molecule has 2 saturated heterocycles. The van der Waals surface area contributed by atoms with Crippen LogP contribution in [0.1, 0.15) is 171 Å². The van der Waals surface area contributed by atoms with Gasteiger partial charge in [0.2, 0.25) is 0 Å². The van der Waals surface area contributed by atoms with Crippen molar-refractivity contribution in [3.8, 4) is 0 Å². The molecule has 0 bridgehead atoms. The van der Waals surface area contributed by atoms with Crippen LogP contribution in [-0.4, -0.2) is 86.8 Å². The van der Waals surface area contributed by atoms with Gasteiger partial charge in [-0.25, -0.2) is 9.97 Å². The van der Waals surface area contributed by atoms with Gasteiger partial charge >= 0.3 is 24.7 Å². The second-order valence-corrected chi connectivity index (χ2v) is 19.0. The topological polar surface area (TPSA) is 89.8 Å². The number of aromatic nitrogens is 2. The molecule has 2 aliphatic heterocycles. The summed E-state index contributed by atoms with van der Waals surface area (Å²) in [4.78, 5) is 26.4. The van der Waals surface area contributed by atoms with Crippen LogP contribution in [-0.2, 0) is 6.54 Å². The normalized spacial score (nSPS) is 25.1. The Labute approximate surface area is 362 Å². The van der Waals surface area contributed by atoms with Gasteiger partial charge in [0.1, 0.15) is 5.69 Å². The third kappa shape index (κ3) is 13.4. The number of nitrogens with zero attached hydrogens (tertiary/aromatic N) is 4. The van der Waals surface area contributed by atoms with Crippen molar-refractivity contribution in [2.45, 2.75) is 166 Å². The molecule has 2 aromatic rings. The monoisotopic (exact) mass is 946 g/mol. The summed E-state index contributed by atoms with van der Waals surface area (Å²) >= 11 is 2.49. The molecule has 2 saturated carbocycles. The zero-order valence-corrected chi connectivity index (χ0v) is 35.6. The van der Waals surface area contributed by atoms with Crippen molar-refractivity contribution in [3.63, 3.8) is 0 Å². The molecule has 2 unspecified atom stereocenters. The molecular formula is C41H58F12N4O3S2. The number of carbonyl (C=O) groups is 1. The number of amides is 1. The molecule has 0 aromatic carbocycles. The molecule has 2 aromatic heterocycles. The summed E-state index contributed by atoms with van der Waals surface area (Å²) in [6, 6.07) is 0. The Kier molecular flexibility index (Phi) is 18.1. The number of halogens is 12. The molecule has 356 valence electrons. The lowest BCUT2D eigenvalue weighted by atomic mass is 9.82. The highest BCUT2D eigenvalue weighted by atomic mass is 32.1. The molecular weight excluding hydrogens is 889 g/mol. The molecule has 4 fully saturated rings. The van der Waals surface area contributed by atoms with Gasteiger partial charge in [-0.1, -0.05) is 21.3 Å². The van der Waals surface area contributed by atoms with Crippen LogP contribution in [0.15, 0.2) is 0 Å². The first-order chi connectivity index (χ1) is 28.4. The van der Waals surface area contributed by atoms with Crippen LogP contribution >= 0.6 is 22.7 Å². The number of hydrogen-bond donors (Lipinski definition) is 2. The molecule has 2 atom stereocenters. The SMILES string of the molecule is C.CCC(O)c1sc(C2CCC(C(F)(F)F)CC2)nc1C(=O)N1CCC(C(F)(F)F)CC1.CCC(O)c1sc(C2CCC(C(F)(F)F)CC2)nc1CN1CCC(C(F)(F)F)CC1. The fourth-order valence-corrected chi connectivity index (χ4v) is 11.3. The van der Waals surface area contributed by atoms with Crippen molar-refractivity contribution >= 4 is 28.6 Å². The van der Waals surface area contributed by atoms with Gasteiger partial charge in [-0.3, -0.25) is 9.69 Å². The highest BCUT2D eigenvalue weighted by Crippen LogP contribution is 2.47. The predicted octanol–water partition coefficient (Wildman–Crippen LogP) is 12.7. The molecule has 0 radical (unpaired) electrons. The van der Waals surface area contributed by atoms with E-state index in [2.05, 4.69) is 9.97 Å². The molecule has 7 nitrogen and oxygen atoms in total. The zero-order chi connectivity index (χ0) is 45.1. The summed E-state index contributed by atoms with van der Waals surface area (Å²) in [7, 11) is 0. The molecule has 2 N–H and O–H groups in total. The number of likely N-dealkylation sites (tertiary alicyclic amines) is 2. The predicted molar refractivity (Wildman–Crippen MR) is 212 cm³/mol. The van der Waals surface area contributed by atoms with E-state index >= 15 is 0 Å². The summed E-state index contributed by atoms with van der Waals surface area (Å²) in [5, 5.41) is 22.0. The number of piperidine rings is 2. The van der Waals surface area contributed by atoms with Crippen LogP contribution < -0.4 is 0 Å². The number of aliphatic hydroxyl groups is 2. The largest absolute Gasteiger partial charge is 0.391 e. The van der Waals surface area contributed by atoms with Crippen molar-refractivity contribution in [2.24, 2.45) is 23.7 Å². The summed E-state index contributed by atoms with van der Waals surface area (Å²) < 4.78 is 155. The zero-order valence-electron chi connectivity index (χ0n) is 34.0. The first-order valence-corrected chi connectivity index (χ1v) is 22.7. The van der Waals surface area contributed by atoms with Gasteiger partial charge in [-0.15, -0.1) is 22.7 Å². The van der Waals surface area contributed by atoms with E-state index in [4.69, 9.17) is 0 Å². The molecule has 2 aliphatic carbocycles. The molecule has 0 spiro atoms. The second kappa shape index (κ2) is 21.4. The van der Waals surface area contributed by atoms with E-state index in [0.29, 0.717) is 78.6 Å². The summed E-state index contributed by atoms with van der Waals surface area (Å²) in [6.45, 7) is 4.46. The Morgan fingerprint density at radius 2 is 0.935 bits per heavy atom. The highest BCUT2D eigenvalue weighted by molar-refractivity contribution is 7.12. The lowest BCUT2D eigenvalue weighted by Crippen LogP contribution is -2.42. The first-order valence-electron chi connectivity index (χ1n) is 21.0. The van der Waals surface area contributed by atoms with Crippen LogP contribution in [0.3, 0.4) is 0 Å². The minimum absolute atomic E-state index is 0. The van der Waals surface area contributed by atoms with Gasteiger partial charge in [-0.2, -0.15) is 52.7 Å². The Balaban J connectivity index is 0.000000268. The first kappa shape index (κ1) is 52.4. The lowest BCUT2D eigenvalue weighted by Gasteiger charge is -2.32. The molecule has 6 rings (SSSR count). The average Bonchev–Trinajstić information content (AvgIpc) is 3.85. The van der Waals surface area contributed by atoms with Crippen LogP contribution in [0.4, 0.5) is 52.7 Å². The number of thiazole rings is 2. The van der Waals surface area contributed by atoms with E-state index in [9.17, 15) is 67.7 Å². The summed E-state index contributed by atoms with van der Waals surface area (Å²) in [5.41, 5.74) is 0.686. The van der Waals surface area contributed by atoms with Gasteiger partial charge < -0.3 is 15.1 Å². The maximum atomic E-state index is 13.0. The van der Waals surface area contributed by atoms with Gasteiger partial charge in [0.05, 0.1) is 61.3 Å². The van der Waals surface area contributed by atoms with E-state index in [0.717, 1.165) is 16.3 Å². The average molecular weight is 947 g/mol. The van der Waals surface area contributed by atoms with Gasteiger partial charge in [0.25, 0.3) is 5.91 Å². The van der Waals surface area contributed by atoms with Crippen molar-refractivity contribution in [1.29, 1.82) is 0 Å². The number of carbonyl (C=O) groups excluding carboxylic acids is 1. The smallest absolute Gasteiger partial charge is 0.388 e. The number of alkyl halides is 12. The van der Waals surface area contributed by atoms with E-state index in [1.165, 1.54) is 16.2 Å². The molecule has 4 heterocycles. The van der Waals surface area contributed by atoms with Crippen LogP contribution in [0.2, 0.25) is 0 Å². The highest BCUT2D eigenvalue weighted by Gasteiger charge is 2.46. The Hall–Kier alpha value is -2.23. The van der Waals surface area contributed by atoms with Crippen LogP contribution in [0.5, 0.6) is 0 Å². The number of rotatable bonds is 9. The maximum Gasteiger partial charge on any atom is 0.391 e. The Morgan fingerprint density at radius 3 is 1.34 bits per heavy atom. The molecule has 21 heteroatoms. The number of hydrogen-bond acceptors (Lipinski definition) is 8. The molecule has 62 heavy (non-hydrogen) atoms. The van der Waals surface area contributed by atoms with Crippen LogP contribution in [0.25, 0.3) is 0 Å². The molecule has 1 amide bonds. The fourth-order valence-electron chi connectivity index (χ4n) is 8.73. The van der Waals surface area contributed by atoms with Crippen molar-refractivity contribution in [1.82, 2.24) is 19.8 Å². The van der Waals surface area contributed by atoms with E-state index in [-0.39, 0.29) is 89.4 Å². The third-order valence-corrected chi connectivity index (χ3v) is 15.4. The maximum absolute atomic E-state index is 13.0. The van der Waals surface area contributed by atoms with Crippen molar-refractivity contribution in [2.75, 3.05) is 26.2 Å².